The molecule has 0 fully saturated rings. The Kier molecular flexibility index (Phi) is 57.6. The lowest BCUT2D eigenvalue weighted by Crippen LogP contribution is -2.30. The van der Waals surface area contributed by atoms with Gasteiger partial charge in [0.1, 0.15) is 19.3 Å². The largest absolute Gasteiger partial charge is 0.472 e. The number of esters is 4. The Labute approximate surface area is 537 Å². The lowest BCUT2D eigenvalue weighted by Gasteiger charge is -2.21. The number of carbonyl (C=O) groups is 4. The molecule has 0 aliphatic rings. The van der Waals surface area contributed by atoms with Crippen molar-refractivity contribution in [1.29, 1.82) is 0 Å². The molecule has 0 aliphatic carbocycles. The molecule has 0 aromatic carbocycles. The molecule has 0 heterocycles. The zero-order chi connectivity index (χ0) is 65.4. The van der Waals surface area contributed by atoms with E-state index in [1.165, 1.54) is 135 Å². The topological polar surface area (TPSA) is 237 Å². The Hall–Kier alpha value is -1.94. The highest BCUT2D eigenvalue weighted by Crippen LogP contribution is 2.45. The number of ether oxygens (including phenoxy) is 4. The zero-order valence-electron chi connectivity index (χ0n) is 57.3. The average Bonchev–Trinajstić information content (AvgIpc) is 3.58. The molecule has 0 rings (SSSR count). The second-order valence-corrected chi connectivity index (χ2v) is 29.5. The van der Waals surface area contributed by atoms with Gasteiger partial charge >= 0.3 is 39.5 Å². The summed E-state index contributed by atoms with van der Waals surface area (Å²) in [7, 11) is -9.90. The van der Waals surface area contributed by atoms with Crippen LogP contribution >= 0.6 is 15.6 Å². The van der Waals surface area contributed by atoms with Gasteiger partial charge in [-0.3, -0.25) is 37.3 Å². The van der Waals surface area contributed by atoms with Gasteiger partial charge in [0.2, 0.25) is 0 Å². The molecule has 0 spiro atoms. The van der Waals surface area contributed by atoms with Crippen molar-refractivity contribution in [2.45, 2.75) is 356 Å². The van der Waals surface area contributed by atoms with Crippen molar-refractivity contribution in [3.8, 4) is 0 Å². The van der Waals surface area contributed by atoms with Crippen LogP contribution < -0.4 is 0 Å². The summed E-state index contributed by atoms with van der Waals surface area (Å²) in [6, 6.07) is 0. The minimum atomic E-state index is -4.95. The van der Waals surface area contributed by atoms with Crippen LogP contribution in [-0.2, 0) is 65.4 Å². The normalized spacial score (nSPS) is 14.6. The standard InChI is InChI=1S/C69H134O17P2/c1-9-62(8)48-40-32-26-28-36-44-52-69(74)86-65(56-80-67(72)50-42-34-27-25-31-39-47-61(6)7)58-84-88(77,78)82-54-63(70)53-81-87(75,76)83-57-64(85-68(73)51-43-35-24-20-16-12-14-18-22-30-38-46-60(4)5)55-79-66(71)49-41-33-23-19-15-11-10-13-17-21-29-37-45-59(2)3/h59-65,70H,9-58H2,1-8H3,(H,75,76)(H,77,78)/t62?,63-,64-,65-/m1/s1. The van der Waals surface area contributed by atoms with Crippen LogP contribution in [0, 0.1) is 23.7 Å². The van der Waals surface area contributed by atoms with Crippen molar-refractivity contribution < 1.29 is 80.2 Å². The molecule has 3 N–H and O–H groups in total. The molecule has 0 saturated heterocycles. The third-order valence-corrected chi connectivity index (χ3v) is 18.1. The molecule has 0 aromatic rings. The second kappa shape index (κ2) is 58.8. The van der Waals surface area contributed by atoms with Gasteiger partial charge in [-0.15, -0.1) is 0 Å². The fourth-order valence-corrected chi connectivity index (χ4v) is 11.9. The van der Waals surface area contributed by atoms with Crippen LogP contribution in [0.4, 0.5) is 0 Å². The molecule has 17 nitrogen and oxygen atoms in total. The number of phosphoric acid groups is 2. The molecule has 88 heavy (non-hydrogen) atoms. The van der Waals surface area contributed by atoms with Gasteiger partial charge < -0.3 is 33.8 Å². The van der Waals surface area contributed by atoms with Crippen LogP contribution in [0.5, 0.6) is 0 Å². The third kappa shape index (κ3) is 61.6. The average molecular weight is 1300 g/mol. The van der Waals surface area contributed by atoms with Gasteiger partial charge in [-0.25, -0.2) is 9.13 Å². The summed E-state index contributed by atoms with van der Waals surface area (Å²) in [4.78, 5) is 72.4. The Morgan fingerprint density at radius 3 is 0.807 bits per heavy atom. The van der Waals surface area contributed by atoms with Crippen LogP contribution in [-0.4, -0.2) is 96.7 Å². The minimum absolute atomic E-state index is 0.101. The number of aliphatic hydroxyl groups is 1. The first-order valence-corrected chi connectivity index (χ1v) is 38.7. The fourth-order valence-electron chi connectivity index (χ4n) is 10.3. The first kappa shape index (κ1) is 86.1. The van der Waals surface area contributed by atoms with E-state index in [2.05, 4.69) is 55.4 Å². The van der Waals surface area contributed by atoms with Gasteiger partial charge in [0.05, 0.1) is 26.4 Å². The number of unbranched alkanes of at least 4 members (excludes halogenated alkanes) is 31. The summed E-state index contributed by atoms with van der Waals surface area (Å²) in [5.74, 6) is 0.812. The van der Waals surface area contributed by atoms with Gasteiger partial charge in [0, 0.05) is 25.7 Å². The predicted molar refractivity (Wildman–Crippen MR) is 354 cm³/mol. The van der Waals surface area contributed by atoms with Crippen molar-refractivity contribution in [2.75, 3.05) is 39.6 Å². The minimum Gasteiger partial charge on any atom is -0.462 e. The van der Waals surface area contributed by atoms with E-state index in [9.17, 15) is 43.2 Å². The van der Waals surface area contributed by atoms with Gasteiger partial charge in [0.15, 0.2) is 12.2 Å². The predicted octanol–water partition coefficient (Wildman–Crippen LogP) is 19.3. The summed E-state index contributed by atoms with van der Waals surface area (Å²) >= 11 is 0. The summed E-state index contributed by atoms with van der Waals surface area (Å²) in [6.07, 6.45) is 40.5. The van der Waals surface area contributed by atoms with Crippen molar-refractivity contribution in [1.82, 2.24) is 0 Å². The van der Waals surface area contributed by atoms with Gasteiger partial charge in [-0.1, -0.05) is 287 Å². The van der Waals surface area contributed by atoms with Crippen LogP contribution in [0.1, 0.15) is 338 Å². The van der Waals surface area contributed by atoms with Crippen LogP contribution in [0.15, 0.2) is 0 Å². The Balaban J connectivity index is 5.24. The number of hydrogen-bond donors (Lipinski definition) is 3. The van der Waals surface area contributed by atoms with Gasteiger partial charge in [-0.2, -0.15) is 0 Å². The first-order valence-electron chi connectivity index (χ1n) is 35.7. The molecular weight excluding hydrogens is 1160 g/mol. The first-order chi connectivity index (χ1) is 42.1. The number of carbonyl (C=O) groups excluding carboxylic acids is 4. The number of hydrogen-bond acceptors (Lipinski definition) is 15. The SMILES string of the molecule is CCC(C)CCCCCCCCC(=O)O[C@H](COC(=O)CCCCCCCCC(C)C)COP(=O)(O)OC[C@H](O)COP(=O)(O)OC[C@@H](COC(=O)CCCCCCCCCCCCCCC(C)C)OC(=O)CCCCCCCCCCCCCC(C)C. The van der Waals surface area contributed by atoms with Crippen molar-refractivity contribution in [3.63, 3.8) is 0 Å². The third-order valence-electron chi connectivity index (χ3n) is 16.2. The molecule has 0 saturated carbocycles. The van der Waals surface area contributed by atoms with E-state index < -0.39 is 97.5 Å². The Morgan fingerprint density at radius 1 is 0.318 bits per heavy atom. The molecule has 0 amide bonds. The number of phosphoric ester groups is 2. The Bertz CT molecular complexity index is 1750. The lowest BCUT2D eigenvalue weighted by atomic mass is 10.00. The van der Waals surface area contributed by atoms with Crippen molar-refractivity contribution in [2.24, 2.45) is 23.7 Å². The fraction of sp³-hybridized carbons (Fsp3) is 0.942. The molecule has 19 heteroatoms. The van der Waals surface area contributed by atoms with Gasteiger partial charge in [-0.05, 0) is 49.4 Å². The van der Waals surface area contributed by atoms with Crippen molar-refractivity contribution in [3.05, 3.63) is 0 Å². The van der Waals surface area contributed by atoms with E-state index in [1.54, 1.807) is 0 Å². The van der Waals surface area contributed by atoms with Gasteiger partial charge in [0.25, 0.3) is 0 Å². The van der Waals surface area contributed by atoms with E-state index in [-0.39, 0.29) is 25.7 Å². The van der Waals surface area contributed by atoms with E-state index in [1.807, 2.05) is 0 Å². The molecular formula is C69H134O17P2. The molecule has 6 atom stereocenters. The molecule has 0 bridgehead atoms. The summed E-state index contributed by atoms with van der Waals surface area (Å²) < 4.78 is 68.2. The summed E-state index contributed by atoms with van der Waals surface area (Å²) in [5, 5.41) is 10.6. The maximum Gasteiger partial charge on any atom is 0.472 e. The number of aliphatic hydroxyl groups excluding tert-OH is 1. The second-order valence-electron chi connectivity index (χ2n) is 26.6. The quantitative estimate of drug-likeness (QED) is 0.0222. The van der Waals surface area contributed by atoms with E-state index in [0.29, 0.717) is 31.6 Å². The maximum absolute atomic E-state index is 13.0. The van der Waals surface area contributed by atoms with Crippen LogP contribution in [0.3, 0.4) is 0 Å². The highest BCUT2D eigenvalue weighted by molar-refractivity contribution is 7.47. The molecule has 522 valence electrons. The molecule has 0 aromatic heterocycles. The van der Waals surface area contributed by atoms with E-state index in [0.717, 1.165) is 114 Å². The monoisotopic (exact) mass is 1300 g/mol. The van der Waals surface area contributed by atoms with Crippen LogP contribution in [0.25, 0.3) is 0 Å². The van der Waals surface area contributed by atoms with E-state index >= 15 is 0 Å². The van der Waals surface area contributed by atoms with E-state index in [4.69, 9.17) is 37.0 Å². The smallest absolute Gasteiger partial charge is 0.462 e. The zero-order valence-corrected chi connectivity index (χ0v) is 59.1. The summed E-state index contributed by atoms with van der Waals surface area (Å²) in [5.41, 5.74) is 0. The highest BCUT2D eigenvalue weighted by Gasteiger charge is 2.30. The highest BCUT2D eigenvalue weighted by atomic mass is 31.2. The molecule has 0 aliphatic heterocycles. The van der Waals surface area contributed by atoms with Crippen LogP contribution in [0.2, 0.25) is 0 Å². The molecule has 3 unspecified atom stereocenters. The maximum atomic E-state index is 13.0. The summed E-state index contributed by atoms with van der Waals surface area (Å²) in [6.45, 7) is 14.0. The van der Waals surface area contributed by atoms with Crippen molar-refractivity contribution >= 4 is 39.5 Å². The number of rotatable bonds is 66. The Morgan fingerprint density at radius 2 is 0.545 bits per heavy atom. The molecule has 0 radical (unpaired) electrons. The lowest BCUT2D eigenvalue weighted by molar-refractivity contribution is -0.161.